The Kier molecular flexibility index (Phi) is 7.45. The second-order valence-electron chi connectivity index (χ2n) is 7.05. The van der Waals surface area contributed by atoms with Crippen molar-refractivity contribution in [2.75, 3.05) is 16.6 Å². The molecule has 9 heteroatoms. The van der Waals surface area contributed by atoms with Gasteiger partial charge in [-0.15, -0.1) is 0 Å². The van der Waals surface area contributed by atoms with E-state index >= 15 is 0 Å². The van der Waals surface area contributed by atoms with Gasteiger partial charge >= 0.3 is 6.03 Å². The van der Waals surface area contributed by atoms with Crippen LogP contribution in [0.4, 0.5) is 16.2 Å². The molecule has 2 amide bonds. The van der Waals surface area contributed by atoms with Crippen molar-refractivity contribution in [3.63, 3.8) is 0 Å². The van der Waals surface area contributed by atoms with E-state index < -0.39 is 10.9 Å². The molecule has 5 N–H and O–H groups in total. The van der Waals surface area contributed by atoms with E-state index in [-0.39, 0.29) is 11.9 Å². The number of hydrogen-bond acceptors (Lipinski definition) is 4. The lowest BCUT2D eigenvalue weighted by atomic mass is 10.0. The molecule has 0 heterocycles. The van der Waals surface area contributed by atoms with Gasteiger partial charge < -0.3 is 16.0 Å². The molecule has 3 aromatic rings. The van der Waals surface area contributed by atoms with Crippen molar-refractivity contribution in [1.82, 2.24) is 4.90 Å². The van der Waals surface area contributed by atoms with Gasteiger partial charge in [0, 0.05) is 29.9 Å². The van der Waals surface area contributed by atoms with Crippen molar-refractivity contribution in [3.8, 4) is 11.1 Å². The summed E-state index contributed by atoms with van der Waals surface area (Å²) in [7, 11) is -2.87. The minimum atomic E-state index is -2.87. The number of amides is 2. The molecule has 0 aliphatic heterocycles. The van der Waals surface area contributed by atoms with E-state index in [4.69, 9.17) is 11.1 Å². The van der Waals surface area contributed by atoms with Crippen LogP contribution in [0.2, 0.25) is 0 Å². The van der Waals surface area contributed by atoms with Gasteiger partial charge in [-0.1, -0.05) is 54.6 Å². The molecule has 0 aliphatic rings. The number of nitrogens with zero attached hydrogens (tertiary/aromatic N) is 1. The summed E-state index contributed by atoms with van der Waals surface area (Å²) in [4.78, 5) is 14.5. The maximum absolute atomic E-state index is 12.9. The summed E-state index contributed by atoms with van der Waals surface area (Å²) in [5.41, 5.74) is 9.39. The van der Waals surface area contributed by atoms with E-state index in [1.54, 1.807) is 41.3 Å². The van der Waals surface area contributed by atoms with Gasteiger partial charge in [-0.3, -0.25) is 10.1 Å². The Balaban J connectivity index is 1.81. The van der Waals surface area contributed by atoms with E-state index in [2.05, 4.69) is 10.0 Å². The molecule has 0 bridgehead atoms. The lowest BCUT2D eigenvalue weighted by Crippen LogP contribution is -2.34. The average molecular weight is 452 g/mol. The van der Waals surface area contributed by atoms with Gasteiger partial charge in [0.05, 0.1) is 5.69 Å². The first kappa shape index (κ1) is 22.8. The first-order valence-corrected chi connectivity index (χ1v) is 11.1. The number of amidine groups is 1. The van der Waals surface area contributed by atoms with Crippen LogP contribution >= 0.6 is 0 Å². The first-order valence-electron chi connectivity index (χ1n) is 9.97. The molecule has 0 radical (unpaired) electrons. The lowest BCUT2D eigenvalue weighted by molar-refractivity contribution is 0.212. The SMILES string of the molecule is CCN(Cc1cccc(C(=N)N)c1)C(=O)Nc1ccc(-c2ccccc2)c(N[SH](=O)=O)c1. The molecule has 0 aromatic heterocycles. The summed E-state index contributed by atoms with van der Waals surface area (Å²) in [6.45, 7) is 2.65. The number of anilines is 2. The van der Waals surface area contributed by atoms with E-state index in [9.17, 15) is 13.2 Å². The molecule has 3 aromatic carbocycles. The van der Waals surface area contributed by atoms with Crippen LogP contribution in [0.1, 0.15) is 18.1 Å². The maximum atomic E-state index is 12.9. The predicted octanol–water partition coefficient (Wildman–Crippen LogP) is 3.63. The van der Waals surface area contributed by atoms with Crippen molar-refractivity contribution in [2.24, 2.45) is 5.73 Å². The molecule has 0 saturated carbocycles. The zero-order valence-corrected chi connectivity index (χ0v) is 18.4. The van der Waals surface area contributed by atoms with Gasteiger partial charge in [0.2, 0.25) is 10.9 Å². The number of urea groups is 1. The minimum absolute atomic E-state index is 0.0328. The first-order chi connectivity index (χ1) is 15.4. The number of nitrogens with two attached hydrogens (primary N) is 1. The predicted molar refractivity (Wildman–Crippen MR) is 128 cm³/mol. The van der Waals surface area contributed by atoms with Gasteiger partial charge in [0.15, 0.2) is 0 Å². The van der Waals surface area contributed by atoms with E-state index in [0.717, 1.165) is 11.1 Å². The number of nitrogen functional groups attached to an aromatic ring is 1. The van der Waals surface area contributed by atoms with Crippen LogP contribution in [0.25, 0.3) is 11.1 Å². The number of thiol groups is 1. The zero-order valence-electron chi connectivity index (χ0n) is 17.5. The van der Waals surface area contributed by atoms with Crippen LogP contribution in [-0.4, -0.2) is 31.7 Å². The highest BCUT2D eigenvalue weighted by Crippen LogP contribution is 2.31. The third-order valence-corrected chi connectivity index (χ3v) is 5.27. The number of hydrogen-bond donors (Lipinski definition) is 5. The molecule has 0 aliphatic carbocycles. The highest BCUT2D eigenvalue weighted by molar-refractivity contribution is 7.73. The Morgan fingerprint density at radius 2 is 1.78 bits per heavy atom. The molecule has 166 valence electrons. The van der Waals surface area contributed by atoms with Crippen LogP contribution in [-0.2, 0) is 17.4 Å². The van der Waals surface area contributed by atoms with Gasteiger partial charge in [0.1, 0.15) is 5.84 Å². The molecular weight excluding hydrogens is 426 g/mol. The monoisotopic (exact) mass is 451 g/mol. The fourth-order valence-electron chi connectivity index (χ4n) is 3.27. The Labute approximate surface area is 188 Å². The van der Waals surface area contributed by atoms with Crippen molar-refractivity contribution in [2.45, 2.75) is 13.5 Å². The quantitative estimate of drug-likeness (QED) is 0.203. The van der Waals surface area contributed by atoms with Crippen LogP contribution in [0.3, 0.4) is 0 Å². The summed E-state index contributed by atoms with van der Waals surface area (Å²) in [6.07, 6.45) is 0. The van der Waals surface area contributed by atoms with Crippen LogP contribution < -0.4 is 15.8 Å². The van der Waals surface area contributed by atoms with Crippen LogP contribution in [0, 0.1) is 5.41 Å². The van der Waals surface area contributed by atoms with Gasteiger partial charge in [-0.05, 0) is 36.2 Å². The normalized spacial score (nSPS) is 10.6. The zero-order chi connectivity index (χ0) is 23.1. The summed E-state index contributed by atoms with van der Waals surface area (Å²) in [6, 6.07) is 21.3. The molecule has 3 rings (SSSR count). The summed E-state index contributed by atoms with van der Waals surface area (Å²) in [5, 5.41) is 10.4. The largest absolute Gasteiger partial charge is 0.384 e. The second kappa shape index (κ2) is 10.5. The van der Waals surface area contributed by atoms with Crippen molar-refractivity contribution in [3.05, 3.63) is 83.9 Å². The minimum Gasteiger partial charge on any atom is -0.384 e. The van der Waals surface area contributed by atoms with Crippen molar-refractivity contribution in [1.29, 1.82) is 5.41 Å². The van der Waals surface area contributed by atoms with Gasteiger partial charge in [-0.2, -0.15) is 0 Å². The summed E-state index contributed by atoms with van der Waals surface area (Å²) in [5.74, 6) is -0.0328. The van der Waals surface area contributed by atoms with Gasteiger partial charge in [-0.25, -0.2) is 13.2 Å². The molecule has 0 spiro atoms. The van der Waals surface area contributed by atoms with Crippen LogP contribution in [0.5, 0.6) is 0 Å². The third-order valence-electron chi connectivity index (χ3n) is 4.85. The van der Waals surface area contributed by atoms with Gasteiger partial charge in [0.25, 0.3) is 0 Å². The summed E-state index contributed by atoms with van der Waals surface area (Å²) >= 11 is 0. The Hall–Kier alpha value is -3.85. The molecule has 0 fully saturated rings. The fourth-order valence-corrected chi connectivity index (χ4v) is 3.65. The number of carbonyl (C=O) groups is 1. The Morgan fingerprint density at radius 3 is 2.44 bits per heavy atom. The Bertz CT molecular complexity index is 1190. The third kappa shape index (κ3) is 5.86. The lowest BCUT2D eigenvalue weighted by Gasteiger charge is -2.22. The topological polar surface area (TPSA) is 128 Å². The number of benzene rings is 3. The van der Waals surface area contributed by atoms with E-state index in [0.29, 0.717) is 35.6 Å². The maximum Gasteiger partial charge on any atom is 0.322 e. The second-order valence-corrected chi connectivity index (χ2v) is 7.79. The highest BCUT2D eigenvalue weighted by atomic mass is 32.2. The average Bonchev–Trinajstić information content (AvgIpc) is 2.78. The fraction of sp³-hybridized carbons (Fsp3) is 0.130. The molecule has 0 atom stereocenters. The van der Waals surface area contributed by atoms with E-state index in [1.165, 1.54) is 0 Å². The molecular formula is C23H25N5O3S. The smallest absolute Gasteiger partial charge is 0.322 e. The molecule has 0 saturated heterocycles. The number of rotatable bonds is 8. The standard InChI is InChI=1S/C23H25N5O3S/c1-2-28(15-16-7-6-10-18(13-16)22(24)25)23(29)26-19-11-12-20(17-8-4-3-5-9-17)21(14-19)27-32(30)31/h3-14,32H,2,15H2,1H3,(H3,24,25)(H,26,29)(H,27,30,31). The van der Waals surface area contributed by atoms with Crippen LogP contribution in [0.15, 0.2) is 72.8 Å². The molecule has 0 unspecified atom stereocenters. The number of carbonyl (C=O) groups excluding carboxylic acids is 1. The summed E-state index contributed by atoms with van der Waals surface area (Å²) < 4.78 is 25.1. The number of nitrogens with one attached hydrogen (secondary N) is 3. The van der Waals surface area contributed by atoms with Crippen molar-refractivity contribution < 1.29 is 13.2 Å². The molecule has 32 heavy (non-hydrogen) atoms. The Morgan fingerprint density at radius 1 is 1.03 bits per heavy atom. The highest BCUT2D eigenvalue weighted by Gasteiger charge is 2.14. The molecule has 8 nitrogen and oxygen atoms in total. The van der Waals surface area contributed by atoms with E-state index in [1.807, 2.05) is 43.3 Å². The van der Waals surface area contributed by atoms with Crippen molar-refractivity contribution >= 4 is 34.1 Å².